The van der Waals surface area contributed by atoms with Crippen molar-refractivity contribution in [3.63, 3.8) is 0 Å². The van der Waals surface area contributed by atoms with E-state index in [-0.39, 0.29) is 12.1 Å². The number of benzene rings is 1. The summed E-state index contributed by atoms with van der Waals surface area (Å²) in [6.45, 7) is 3.63. The van der Waals surface area contributed by atoms with Gasteiger partial charge in [0.05, 0.1) is 23.6 Å². The number of para-hydroxylation sites is 1. The highest BCUT2D eigenvalue weighted by Crippen LogP contribution is 2.27. The van der Waals surface area contributed by atoms with Crippen molar-refractivity contribution in [1.82, 2.24) is 20.1 Å². The fourth-order valence-corrected chi connectivity index (χ4v) is 4.52. The summed E-state index contributed by atoms with van der Waals surface area (Å²) in [7, 11) is 0. The van der Waals surface area contributed by atoms with Crippen LogP contribution in [0, 0.1) is 0 Å². The fourth-order valence-electron chi connectivity index (χ4n) is 4.52. The predicted octanol–water partition coefficient (Wildman–Crippen LogP) is 1.99. The molecular formula is C22H26N6O2. The second kappa shape index (κ2) is 7.95. The molecule has 1 amide bonds. The van der Waals surface area contributed by atoms with Crippen LogP contribution in [0.2, 0.25) is 0 Å². The molecule has 0 radical (unpaired) electrons. The molecule has 4 heterocycles. The summed E-state index contributed by atoms with van der Waals surface area (Å²) in [6.07, 6.45) is 5.78. The Morgan fingerprint density at radius 1 is 1.13 bits per heavy atom. The monoisotopic (exact) mass is 406 g/mol. The number of carbonyl (C=O) groups is 1. The van der Waals surface area contributed by atoms with Gasteiger partial charge in [-0.25, -0.2) is 9.78 Å². The highest BCUT2D eigenvalue weighted by atomic mass is 16.4. The molecule has 8 nitrogen and oxygen atoms in total. The first-order chi connectivity index (χ1) is 14.7. The Bertz CT molecular complexity index is 987. The lowest BCUT2D eigenvalue weighted by atomic mass is 10.00. The van der Waals surface area contributed by atoms with Crippen molar-refractivity contribution in [2.75, 3.05) is 37.6 Å². The third-order valence-corrected chi connectivity index (χ3v) is 6.21. The summed E-state index contributed by atoms with van der Waals surface area (Å²) < 4.78 is 0. The molecular weight excluding hydrogens is 380 g/mol. The van der Waals surface area contributed by atoms with Gasteiger partial charge >= 0.3 is 6.09 Å². The average molecular weight is 406 g/mol. The van der Waals surface area contributed by atoms with Gasteiger partial charge in [-0.05, 0) is 31.2 Å². The zero-order valence-electron chi connectivity index (χ0n) is 16.8. The van der Waals surface area contributed by atoms with Crippen LogP contribution in [0.15, 0.2) is 53.8 Å². The van der Waals surface area contributed by atoms with E-state index in [2.05, 4.69) is 38.3 Å². The van der Waals surface area contributed by atoms with E-state index in [1.807, 2.05) is 36.8 Å². The summed E-state index contributed by atoms with van der Waals surface area (Å²) in [6, 6.07) is 12.8. The van der Waals surface area contributed by atoms with Gasteiger partial charge in [0.15, 0.2) is 0 Å². The Labute approximate surface area is 175 Å². The summed E-state index contributed by atoms with van der Waals surface area (Å²) in [5, 5.41) is 14.2. The van der Waals surface area contributed by atoms with Gasteiger partial charge in [-0.1, -0.05) is 18.2 Å². The first kappa shape index (κ1) is 18.9. The Morgan fingerprint density at radius 3 is 2.87 bits per heavy atom. The van der Waals surface area contributed by atoms with E-state index >= 15 is 0 Å². The van der Waals surface area contributed by atoms with Gasteiger partial charge in [-0.3, -0.25) is 4.99 Å². The van der Waals surface area contributed by atoms with Gasteiger partial charge in [0.25, 0.3) is 0 Å². The van der Waals surface area contributed by atoms with E-state index in [0.29, 0.717) is 19.1 Å². The van der Waals surface area contributed by atoms with Crippen molar-refractivity contribution < 1.29 is 9.90 Å². The number of rotatable bonds is 3. The minimum Gasteiger partial charge on any atom is -0.465 e. The van der Waals surface area contributed by atoms with Crippen LogP contribution in [-0.4, -0.2) is 83.0 Å². The van der Waals surface area contributed by atoms with Crippen LogP contribution in [0.3, 0.4) is 0 Å². The molecule has 3 aliphatic rings. The van der Waals surface area contributed by atoms with Gasteiger partial charge in [0.2, 0.25) is 0 Å². The van der Waals surface area contributed by atoms with Gasteiger partial charge in [-0.2, -0.15) is 0 Å². The molecule has 2 N–H and O–H groups in total. The molecule has 0 spiro atoms. The van der Waals surface area contributed by atoms with Crippen molar-refractivity contribution in [3.05, 3.63) is 48.8 Å². The number of nitrogens with one attached hydrogen (secondary N) is 1. The molecule has 1 aromatic carbocycles. The quantitative estimate of drug-likeness (QED) is 0.811. The van der Waals surface area contributed by atoms with Crippen molar-refractivity contribution in [2.45, 2.75) is 24.5 Å². The normalized spacial score (nSPS) is 24.7. The Kier molecular flexibility index (Phi) is 5.00. The standard InChI is InChI=1S/C22H26N6O2/c29-22(30)26-10-3-8-24-19(15-26)20-12-23-9-11-28(20)17-13-27(14-17)21-7-6-16-4-1-2-5-18(16)25-21/h1-2,4-7,9,11-12,17,19-20,24H,3,8,10,13-15H2,(H,29,30). The summed E-state index contributed by atoms with van der Waals surface area (Å²) in [4.78, 5) is 26.8. The second-order valence-corrected chi connectivity index (χ2v) is 8.10. The van der Waals surface area contributed by atoms with Gasteiger partial charge in [0.1, 0.15) is 5.82 Å². The van der Waals surface area contributed by atoms with Crippen molar-refractivity contribution in [3.8, 4) is 0 Å². The molecule has 3 aliphatic heterocycles. The molecule has 1 aromatic heterocycles. The highest BCUT2D eigenvalue weighted by molar-refractivity contribution is 5.80. The third-order valence-electron chi connectivity index (χ3n) is 6.21. The fraction of sp³-hybridized carbons (Fsp3) is 0.409. The zero-order valence-corrected chi connectivity index (χ0v) is 16.8. The average Bonchev–Trinajstić information content (AvgIpc) is 2.99. The molecule has 2 atom stereocenters. The van der Waals surface area contributed by atoms with Gasteiger partial charge < -0.3 is 25.1 Å². The number of hydrogen-bond acceptors (Lipinski definition) is 6. The predicted molar refractivity (Wildman–Crippen MR) is 117 cm³/mol. The van der Waals surface area contributed by atoms with E-state index in [1.165, 1.54) is 4.90 Å². The zero-order chi connectivity index (χ0) is 20.5. The van der Waals surface area contributed by atoms with E-state index < -0.39 is 6.09 Å². The van der Waals surface area contributed by atoms with Crippen molar-refractivity contribution in [1.29, 1.82) is 0 Å². The van der Waals surface area contributed by atoms with Crippen LogP contribution < -0.4 is 10.2 Å². The Hall–Kier alpha value is -3.13. The summed E-state index contributed by atoms with van der Waals surface area (Å²) in [5.74, 6) is 1.00. The SMILES string of the molecule is O=C(O)N1CCCNC(C2C=NC=CN2C2CN(c3ccc4ccccc4n3)C2)C1. The van der Waals surface area contributed by atoms with E-state index in [9.17, 15) is 9.90 Å². The van der Waals surface area contributed by atoms with Crippen molar-refractivity contribution >= 4 is 29.0 Å². The molecule has 0 bridgehead atoms. The number of carboxylic acid groups (broad SMARTS) is 1. The molecule has 156 valence electrons. The highest BCUT2D eigenvalue weighted by Gasteiger charge is 2.38. The van der Waals surface area contributed by atoms with Crippen LogP contribution in [0.4, 0.5) is 10.6 Å². The van der Waals surface area contributed by atoms with Gasteiger partial charge in [-0.15, -0.1) is 0 Å². The maximum Gasteiger partial charge on any atom is 0.407 e. The number of fused-ring (bicyclic) bond motifs is 1. The van der Waals surface area contributed by atoms with Crippen molar-refractivity contribution in [2.24, 2.45) is 4.99 Å². The Morgan fingerprint density at radius 2 is 2.00 bits per heavy atom. The smallest absolute Gasteiger partial charge is 0.407 e. The lowest BCUT2D eigenvalue weighted by molar-refractivity contribution is 0.132. The first-order valence-electron chi connectivity index (χ1n) is 10.5. The molecule has 2 aromatic rings. The minimum atomic E-state index is -0.851. The minimum absolute atomic E-state index is 0.0187. The number of aromatic nitrogens is 1. The second-order valence-electron chi connectivity index (χ2n) is 8.10. The number of nitrogens with zero attached hydrogens (tertiary/aromatic N) is 5. The van der Waals surface area contributed by atoms with Gasteiger partial charge in [0, 0.05) is 50.2 Å². The topological polar surface area (TPSA) is 84.3 Å². The number of pyridine rings is 1. The Balaban J connectivity index is 1.28. The van der Waals surface area contributed by atoms with E-state index in [0.717, 1.165) is 42.8 Å². The molecule has 2 unspecified atom stereocenters. The molecule has 0 saturated carbocycles. The van der Waals surface area contributed by atoms with Crippen LogP contribution >= 0.6 is 0 Å². The number of hydrogen-bond donors (Lipinski definition) is 2. The van der Waals surface area contributed by atoms with E-state index in [1.54, 1.807) is 0 Å². The molecule has 2 fully saturated rings. The van der Waals surface area contributed by atoms with Crippen LogP contribution in [0.25, 0.3) is 10.9 Å². The molecule has 5 rings (SSSR count). The molecule has 0 aliphatic carbocycles. The molecule has 2 saturated heterocycles. The lowest BCUT2D eigenvalue weighted by Crippen LogP contribution is -2.65. The lowest BCUT2D eigenvalue weighted by Gasteiger charge is -2.49. The van der Waals surface area contributed by atoms with Crippen LogP contribution in [0.1, 0.15) is 6.42 Å². The molecule has 30 heavy (non-hydrogen) atoms. The van der Waals surface area contributed by atoms with E-state index in [4.69, 9.17) is 4.98 Å². The molecule has 8 heteroatoms. The van der Waals surface area contributed by atoms with Crippen LogP contribution in [-0.2, 0) is 0 Å². The third kappa shape index (κ3) is 3.59. The largest absolute Gasteiger partial charge is 0.465 e. The summed E-state index contributed by atoms with van der Waals surface area (Å²) >= 11 is 0. The summed E-state index contributed by atoms with van der Waals surface area (Å²) in [5.41, 5.74) is 1.01. The number of aliphatic imine (C=N–C) groups is 1. The van der Waals surface area contributed by atoms with Crippen LogP contribution in [0.5, 0.6) is 0 Å². The maximum absolute atomic E-state index is 11.5. The first-order valence-corrected chi connectivity index (χ1v) is 10.5. The number of amides is 1. The maximum atomic E-state index is 11.5. The number of anilines is 1.